The van der Waals surface area contributed by atoms with Crippen LogP contribution in [-0.4, -0.2) is 14.4 Å². The Hall–Kier alpha value is -1.38. The van der Waals surface area contributed by atoms with E-state index in [1.807, 2.05) is 12.4 Å². The molecule has 96 valence electrons. The minimum absolute atomic E-state index is 0.635. The summed E-state index contributed by atoms with van der Waals surface area (Å²) >= 11 is 0. The van der Waals surface area contributed by atoms with E-state index in [1.165, 1.54) is 37.0 Å². The van der Waals surface area contributed by atoms with Gasteiger partial charge in [-0.25, -0.2) is 4.98 Å². The molecule has 3 heteroatoms. The zero-order chi connectivity index (χ0) is 12.5. The van der Waals surface area contributed by atoms with Crippen molar-refractivity contribution >= 4 is 5.52 Å². The highest BCUT2D eigenvalue weighted by Crippen LogP contribution is 2.35. The van der Waals surface area contributed by atoms with E-state index in [4.69, 9.17) is 0 Å². The van der Waals surface area contributed by atoms with Crippen molar-refractivity contribution in [1.29, 1.82) is 0 Å². The maximum absolute atomic E-state index is 4.68. The van der Waals surface area contributed by atoms with Gasteiger partial charge in [0.1, 0.15) is 5.82 Å². The largest absolute Gasteiger partial charge is 0.300 e. The quantitative estimate of drug-likeness (QED) is 0.807. The Kier molecular flexibility index (Phi) is 3.06. The van der Waals surface area contributed by atoms with Gasteiger partial charge in [0.15, 0.2) is 0 Å². The van der Waals surface area contributed by atoms with Crippen LogP contribution in [0.15, 0.2) is 18.6 Å². The Morgan fingerprint density at radius 1 is 1.22 bits per heavy atom. The van der Waals surface area contributed by atoms with Crippen molar-refractivity contribution in [3.63, 3.8) is 0 Å². The second-order valence-electron chi connectivity index (χ2n) is 5.56. The molecule has 0 unspecified atom stereocenters. The monoisotopic (exact) mass is 243 g/mol. The van der Waals surface area contributed by atoms with Crippen LogP contribution < -0.4 is 0 Å². The van der Waals surface area contributed by atoms with Crippen molar-refractivity contribution in [1.82, 2.24) is 14.4 Å². The summed E-state index contributed by atoms with van der Waals surface area (Å²) in [5.41, 5.74) is 2.34. The summed E-state index contributed by atoms with van der Waals surface area (Å²) < 4.78 is 2.26. The third-order valence-electron chi connectivity index (χ3n) is 4.28. The van der Waals surface area contributed by atoms with Crippen molar-refractivity contribution in [2.24, 2.45) is 5.92 Å². The molecule has 2 heterocycles. The highest BCUT2D eigenvalue weighted by atomic mass is 15.0. The van der Waals surface area contributed by atoms with Gasteiger partial charge in [0, 0.05) is 18.3 Å². The van der Waals surface area contributed by atoms with Crippen LogP contribution in [0.1, 0.15) is 57.0 Å². The lowest BCUT2D eigenvalue weighted by Crippen LogP contribution is -2.13. The molecule has 0 N–H and O–H groups in total. The molecule has 2 aromatic rings. The van der Waals surface area contributed by atoms with Crippen LogP contribution in [-0.2, 0) is 6.42 Å². The number of rotatable bonds is 2. The highest BCUT2D eigenvalue weighted by molar-refractivity contribution is 5.51. The molecular weight excluding hydrogens is 222 g/mol. The molecule has 1 aliphatic rings. The van der Waals surface area contributed by atoms with Crippen LogP contribution in [0.5, 0.6) is 0 Å². The summed E-state index contributed by atoms with van der Waals surface area (Å²) in [5, 5.41) is 0. The molecule has 18 heavy (non-hydrogen) atoms. The number of aryl methyl sites for hydroxylation is 1. The van der Waals surface area contributed by atoms with E-state index < -0.39 is 0 Å². The molecule has 1 fully saturated rings. The van der Waals surface area contributed by atoms with E-state index in [2.05, 4.69) is 34.4 Å². The Bertz CT molecular complexity index is 536. The average molecular weight is 243 g/mol. The van der Waals surface area contributed by atoms with Crippen molar-refractivity contribution in [3.8, 4) is 0 Å². The number of nitrogens with zero attached hydrogens (tertiary/aromatic N) is 3. The van der Waals surface area contributed by atoms with Crippen LogP contribution in [0.25, 0.3) is 5.52 Å². The third kappa shape index (κ3) is 1.92. The van der Waals surface area contributed by atoms with E-state index in [-0.39, 0.29) is 0 Å². The second kappa shape index (κ2) is 4.71. The molecule has 1 aliphatic carbocycles. The first kappa shape index (κ1) is 11.7. The lowest BCUT2D eigenvalue weighted by molar-refractivity contribution is 0.339. The van der Waals surface area contributed by atoms with Gasteiger partial charge in [0.25, 0.3) is 0 Å². The van der Waals surface area contributed by atoms with Crippen molar-refractivity contribution in [2.45, 2.75) is 51.9 Å². The minimum atomic E-state index is 0.635. The van der Waals surface area contributed by atoms with Crippen LogP contribution in [0.2, 0.25) is 0 Å². The van der Waals surface area contributed by atoms with Crippen molar-refractivity contribution < 1.29 is 0 Å². The molecule has 0 aliphatic heterocycles. The molecule has 0 radical (unpaired) electrons. The third-order valence-corrected chi connectivity index (χ3v) is 4.28. The molecule has 3 nitrogen and oxygen atoms in total. The standard InChI is InChI=1S/C15H21N3/c1-3-13-14-10-17-15(18(14)9-8-16-13)12-6-4-11(2)5-7-12/h8-12H,3-7H2,1-2H3. The molecule has 1 saturated carbocycles. The molecular formula is C15H21N3. The maximum Gasteiger partial charge on any atom is 0.116 e. The normalized spacial score (nSPS) is 24.6. The lowest BCUT2D eigenvalue weighted by Gasteiger charge is -2.25. The average Bonchev–Trinajstić information content (AvgIpc) is 2.83. The molecule has 0 saturated heterocycles. The fraction of sp³-hybridized carbons (Fsp3) is 0.600. The molecule has 0 spiro atoms. The number of hydrogen-bond donors (Lipinski definition) is 0. The van der Waals surface area contributed by atoms with Crippen LogP contribution in [0.4, 0.5) is 0 Å². The molecule has 0 amide bonds. The highest BCUT2D eigenvalue weighted by Gasteiger charge is 2.23. The van der Waals surface area contributed by atoms with Gasteiger partial charge in [-0.05, 0) is 25.2 Å². The Morgan fingerprint density at radius 3 is 2.72 bits per heavy atom. The molecule has 0 bridgehead atoms. The van der Waals surface area contributed by atoms with E-state index in [0.29, 0.717) is 5.92 Å². The second-order valence-corrected chi connectivity index (χ2v) is 5.56. The molecule has 2 aromatic heterocycles. The smallest absolute Gasteiger partial charge is 0.116 e. The molecule has 0 atom stereocenters. The zero-order valence-electron chi connectivity index (χ0n) is 11.3. The van der Waals surface area contributed by atoms with Gasteiger partial charge in [0.05, 0.1) is 17.4 Å². The van der Waals surface area contributed by atoms with Crippen molar-refractivity contribution in [3.05, 3.63) is 30.1 Å². The zero-order valence-corrected chi connectivity index (χ0v) is 11.3. The van der Waals surface area contributed by atoms with Gasteiger partial charge in [-0.1, -0.05) is 26.7 Å². The molecule has 3 rings (SSSR count). The fourth-order valence-electron chi connectivity index (χ4n) is 3.09. The van der Waals surface area contributed by atoms with Crippen LogP contribution in [0.3, 0.4) is 0 Å². The van der Waals surface area contributed by atoms with Gasteiger partial charge in [-0.2, -0.15) is 0 Å². The summed E-state index contributed by atoms with van der Waals surface area (Å²) in [4.78, 5) is 9.11. The fourth-order valence-corrected chi connectivity index (χ4v) is 3.09. The minimum Gasteiger partial charge on any atom is -0.300 e. The molecule has 0 aromatic carbocycles. The number of fused-ring (bicyclic) bond motifs is 1. The first-order valence-electron chi connectivity index (χ1n) is 7.10. The Balaban J connectivity index is 1.98. The van der Waals surface area contributed by atoms with Gasteiger partial charge in [-0.3, -0.25) is 4.98 Å². The lowest BCUT2D eigenvalue weighted by atomic mass is 9.82. The van der Waals surface area contributed by atoms with Crippen LogP contribution >= 0.6 is 0 Å². The first-order valence-corrected chi connectivity index (χ1v) is 7.10. The first-order chi connectivity index (χ1) is 8.79. The van der Waals surface area contributed by atoms with Gasteiger partial charge in [-0.15, -0.1) is 0 Å². The van der Waals surface area contributed by atoms with E-state index in [0.717, 1.165) is 18.0 Å². The summed E-state index contributed by atoms with van der Waals surface area (Å²) in [6.45, 7) is 4.51. The Labute approximate surface area is 108 Å². The summed E-state index contributed by atoms with van der Waals surface area (Å²) in [6.07, 6.45) is 12.2. The summed E-state index contributed by atoms with van der Waals surface area (Å²) in [6, 6.07) is 0. The van der Waals surface area contributed by atoms with Gasteiger partial charge in [0.2, 0.25) is 0 Å². The topological polar surface area (TPSA) is 30.2 Å². The van der Waals surface area contributed by atoms with Gasteiger partial charge >= 0.3 is 0 Å². The number of aromatic nitrogens is 3. The van der Waals surface area contributed by atoms with E-state index >= 15 is 0 Å². The van der Waals surface area contributed by atoms with Crippen LogP contribution in [0, 0.1) is 5.92 Å². The van der Waals surface area contributed by atoms with Gasteiger partial charge < -0.3 is 4.40 Å². The summed E-state index contributed by atoms with van der Waals surface area (Å²) in [5.74, 6) is 2.77. The SMILES string of the molecule is CCc1nccn2c(C3CCC(C)CC3)ncc12. The number of imidazole rings is 1. The maximum atomic E-state index is 4.68. The predicted octanol–water partition coefficient (Wildman–Crippen LogP) is 3.59. The van der Waals surface area contributed by atoms with Crippen molar-refractivity contribution in [2.75, 3.05) is 0 Å². The Morgan fingerprint density at radius 2 is 2.00 bits per heavy atom. The number of hydrogen-bond acceptors (Lipinski definition) is 2. The summed E-state index contributed by atoms with van der Waals surface area (Å²) in [7, 11) is 0. The van der Waals surface area contributed by atoms with E-state index in [1.54, 1.807) is 0 Å². The predicted molar refractivity (Wildman–Crippen MR) is 72.7 cm³/mol. The van der Waals surface area contributed by atoms with E-state index in [9.17, 15) is 0 Å².